The number of fused-ring (bicyclic) bond motifs is 2. The molecule has 0 aromatic heterocycles. The average Bonchev–Trinajstić information content (AvgIpc) is 2.46. The normalized spacial score (nSPS) is 37.2. The molecule has 1 saturated heterocycles. The van der Waals surface area contributed by atoms with Crippen molar-refractivity contribution < 1.29 is 19.7 Å². The van der Waals surface area contributed by atoms with Gasteiger partial charge in [-0.3, -0.25) is 4.79 Å². The average molecular weight is 307 g/mol. The van der Waals surface area contributed by atoms with Gasteiger partial charge in [0.1, 0.15) is 12.0 Å². The van der Waals surface area contributed by atoms with Crippen molar-refractivity contribution in [3.05, 3.63) is 36.3 Å². The van der Waals surface area contributed by atoms with Crippen molar-refractivity contribution in [3.63, 3.8) is 0 Å². The minimum atomic E-state index is -1.09. The molecule has 1 unspecified atom stereocenters. The molecule has 122 valence electrons. The zero-order valence-electron chi connectivity index (χ0n) is 13.5. The molecule has 0 amide bonds. The lowest BCUT2D eigenvalue weighted by atomic mass is 9.57. The van der Waals surface area contributed by atoms with Crippen LogP contribution in [0.25, 0.3) is 0 Å². The molecular formula is C17H25NO4. The van der Waals surface area contributed by atoms with Gasteiger partial charge in [0.15, 0.2) is 12.4 Å². The van der Waals surface area contributed by atoms with Crippen LogP contribution in [-0.2, 0) is 9.53 Å². The van der Waals surface area contributed by atoms with Crippen LogP contribution in [0.1, 0.15) is 26.7 Å². The number of hydrogen-bond donors (Lipinski definition) is 2. The second-order valence-corrected chi connectivity index (χ2v) is 6.57. The van der Waals surface area contributed by atoms with Crippen molar-refractivity contribution in [1.29, 1.82) is 0 Å². The van der Waals surface area contributed by atoms with Crippen molar-refractivity contribution in [3.8, 4) is 0 Å². The summed E-state index contributed by atoms with van der Waals surface area (Å²) in [5.41, 5.74) is -0.759. The SMILES string of the molecule is C=C/C(O)=C/OC(C=O)[C@@]12C=C(C)C[C@@H](N(C)CC1)[C@@]2(C)O. The third kappa shape index (κ3) is 2.48. The Hall–Kier alpha value is -1.59. The topological polar surface area (TPSA) is 70.0 Å². The van der Waals surface area contributed by atoms with Gasteiger partial charge in [0.2, 0.25) is 0 Å². The molecule has 0 aromatic carbocycles. The lowest BCUT2D eigenvalue weighted by Gasteiger charge is -2.59. The summed E-state index contributed by atoms with van der Waals surface area (Å²) in [5.74, 6) is -0.149. The number of aliphatic hydroxyl groups is 2. The maximum absolute atomic E-state index is 11.7. The van der Waals surface area contributed by atoms with E-state index in [0.29, 0.717) is 12.7 Å². The quantitative estimate of drug-likeness (QED) is 0.352. The molecule has 0 radical (unpaired) electrons. The number of aldehydes is 1. The van der Waals surface area contributed by atoms with Gasteiger partial charge in [0.05, 0.1) is 11.0 Å². The lowest BCUT2D eigenvalue weighted by molar-refractivity contribution is -0.182. The summed E-state index contributed by atoms with van der Waals surface area (Å²) in [4.78, 5) is 13.8. The number of aliphatic hydroxyl groups excluding tert-OH is 1. The highest BCUT2D eigenvalue weighted by molar-refractivity contribution is 5.60. The second-order valence-electron chi connectivity index (χ2n) is 6.57. The van der Waals surface area contributed by atoms with Crippen molar-refractivity contribution in [1.82, 2.24) is 4.90 Å². The highest BCUT2D eigenvalue weighted by Crippen LogP contribution is 2.52. The van der Waals surface area contributed by atoms with Crippen LogP contribution in [0.3, 0.4) is 0 Å². The van der Waals surface area contributed by atoms with Gasteiger partial charge in [-0.25, -0.2) is 0 Å². The number of likely N-dealkylation sites (tertiary alicyclic amines) is 1. The van der Waals surface area contributed by atoms with Crippen molar-refractivity contribution in [2.75, 3.05) is 13.6 Å². The van der Waals surface area contributed by atoms with Crippen molar-refractivity contribution in [2.45, 2.75) is 44.4 Å². The minimum Gasteiger partial charge on any atom is -0.505 e. The molecule has 2 bridgehead atoms. The van der Waals surface area contributed by atoms with E-state index in [4.69, 9.17) is 4.74 Å². The predicted molar refractivity (Wildman–Crippen MR) is 84.3 cm³/mol. The first-order chi connectivity index (χ1) is 10.3. The smallest absolute Gasteiger partial charge is 0.165 e. The zero-order valence-corrected chi connectivity index (χ0v) is 13.5. The van der Waals surface area contributed by atoms with E-state index >= 15 is 0 Å². The molecule has 2 N–H and O–H groups in total. The number of hydrogen-bond acceptors (Lipinski definition) is 5. The zero-order chi connectivity index (χ0) is 16.5. The minimum absolute atomic E-state index is 0.0609. The molecule has 4 atom stereocenters. The molecule has 0 saturated carbocycles. The van der Waals surface area contributed by atoms with Crippen LogP contribution < -0.4 is 0 Å². The van der Waals surface area contributed by atoms with Crippen LogP contribution in [0.15, 0.2) is 36.3 Å². The van der Waals surface area contributed by atoms with Gasteiger partial charge in [0.25, 0.3) is 0 Å². The first-order valence-corrected chi connectivity index (χ1v) is 7.51. The Kier molecular flexibility index (Phi) is 4.49. The molecule has 22 heavy (non-hydrogen) atoms. The van der Waals surface area contributed by atoms with Crippen LogP contribution in [0.5, 0.6) is 0 Å². The number of carbonyl (C=O) groups is 1. The van der Waals surface area contributed by atoms with Crippen molar-refractivity contribution >= 4 is 6.29 Å². The fourth-order valence-electron chi connectivity index (χ4n) is 3.86. The molecule has 1 aliphatic carbocycles. The fourth-order valence-corrected chi connectivity index (χ4v) is 3.86. The Morgan fingerprint density at radius 2 is 2.32 bits per heavy atom. The monoisotopic (exact) mass is 307 g/mol. The van der Waals surface area contributed by atoms with Gasteiger partial charge in [-0.15, -0.1) is 0 Å². The summed E-state index contributed by atoms with van der Waals surface area (Å²) in [6.07, 6.45) is 5.55. The number of likely N-dealkylation sites (N-methyl/N-ethyl adjacent to an activating group) is 1. The van der Waals surface area contributed by atoms with Gasteiger partial charge in [0, 0.05) is 6.04 Å². The molecule has 1 aliphatic heterocycles. The standard InChI is InChI=1S/C17H25NO4/c1-5-13(20)11-22-15(10-19)17-6-7-18(4)14(16(17,3)21)8-12(2)9-17/h5,9-11,14-15,20-21H,1,6-8H2,2-4H3/b13-11-/t14-,15?,16-,17+/m1/s1. The van der Waals surface area contributed by atoms with Crippen LogP contribution >= 0.6 is 0 Å². The van der Waals surface area contributed by atoms with Gasteiger partial charge in [-0.2, -0.15) is 0 Å². The number of carbonyl (C=O) groups excluding carboxylic acids is 1. The first kappa shape index (κ1) is 16.8. The van der Waals surface area contributed by atoms with E-state index in [-0.39, 0.29) is 11.8 Å². The summed E-state index contributed by atoms with van der Waals surface area (Å²) in [5, 5.41) is 20.7. The Morgan fingerprint density at radius 3 is 2.91 bits per heavy atom. The largest absolute Gasteiger partial charge is 0.505 e. The maximum Gasteiger partial charge on any atom is 0.165 e. The molecule has 1 fully saturated rings. The molecule has 5 nitrogen and oxygen atoms in total. The summed E-state index contributed by atoms with van der Waals surface area (Å²) in [7, 11) is 1.99. The Bertz CT molecular complexity index is 523. The third-order valence-corrected chi connectivity index (χ3v) is 5.20. The Labute approximate surface area is 131 Å². The number of rotatable bonds is 5. The van der Waals surface area contributed by atoms with Crippen molar-refractivity contribution in [2.24, 2.45) is 5.41 Å². The van der Waals surface area contributed by atoms with Crippen LogP contribution in [-0.4, -0.2) is 52.7 Å². The summed E-state index contributed by atoms with van der Waals surface area (Å²) >= 11 is 0. The summed E-state index contributed by atoms with van der Waals surface area (Å²) in [6, 6.07) is -0.0609. The van der Waals surface area contributed by atoms with E-state index in [2.05, 4.69) is 11.5 Å². The number of ether oxygens (including phenoxy) is 1. The van der Waals surface area contributed by atoms with E-state index in [1.807, 2.05) is 20.0 Å². The lowest BCUT2D eigenvalue weighted by Crippen LogP contribution is -2.69. The fraction of sp³-hybridized carbons (Fsp3) is 0.588. The van der Waals surface area contributed by atoms with Gasteiger partial charge < -0.3 is 19.8 Å². The second kappa shape index (κ2) is 5.89. The molecule has 2 rings (SSSR count). The maximum atomic E-state index is 11.7. The van der Waals surface area contributed by atoms with E-state index in [0.717, 1.165) is 24.8 Å². The number of allylic oxidation sites excluding steroid dienone is 1. The molecule has 0 aromatic rings. The molecule has 2 aliphatic rings. The molecule has 5 heteroatoms. The predicted octanol–water partition coefficient (Wildman–Crippen LogP) is 1.95. The Balaban J connectivity index is 2.45. The van der Waals surface area contributed by atoms with Gasteiger partial charge in [-0.05, 0) is 46.4 Å². The molecule has 0 spiro atoms. The highest BCUT2D eigenvalue weighted by atomic mass is 16.5. The first-order valence-electron chi connectivity index (χ1n) is 7.51. The molecule has 1 heterocycles. The summed E-state index contributed by atoms with van der Waals surface area (Å²) in [6.45, 7) is 7.99. The van der Waals surface area contributed by atoms with Gasteiger partial charge >= 0.3 is 0 Å². The Morgan fingerprint density at radius 1 is 1.64 bits per heavy atom. The van der Waals surface area contributed by atoms with E-state index in [9.17, 15) is 15.0 Å². The highest BCUT2D eigenvalue weighted by Gasteiger charge is 2.61. The van der Waals surface area contributed by atoms with Crippen LogP contribution in [0.2, 0.25) is 0 Å². The van der Waals surface area contributed by atoms with E-state index in [1.54, 1.807) is 6.92 Å². The number of nitrogens with zero attached hydrogens (tertiary/aromatic N) is 1. The van der Waals surface area contributed by atoms with Crippen LogP contribution in [0, 0.1) is 5.41 Å². The van der Waals surface area contributed by atoms with Gasteiger partial charge in [-0.1, -0.05) is 18.2 Å². The summed E-state index contributed by atoms with van der Waals surface area (Å²) < 4.78 is 5.50. The molecular weight excluding hydrogens is 282 g/mol. The number of piperidine rings is 1. The van der Waals surface area contributed by atoms with E-state index < -0.39 is 17.1 Å². The van der Waals surface area contributed by atoms with Crippen LogP contribution in [0.4, 0.5) is 0 Å². The van der Waals surface area contributed by atoms with E-state index in [1.165, 1.54) is 6.08 Å². The third-order valence-electron chi connectivity index (χ3n) is 5.20.